The summed E-state index contributed by atoms with van der Waals surface area (Å²) in [6, 6.07) is 8.43. The maximum absolute atomic E-state index is 11.5. The zero-order valence-corrected chi connectivity index (χ0v) is 9.68. The summed E-state index contributed by atoms with van der Waals surface area (Å²) in [5, 5.41) is 9.97. The van der Waals surface area contributed by atoms with E-state index in [9.17, 15) is 9.90 Å². The van der Waals surface area contributed by atoms with E-state index in [0.29, 0.717) is 16.9 Å². The molecule has 2 aromatic rings. The molecular weight excluding hydrogens is 218 g/mol. The number of hydrogen-bond acceptors (Lipinski definition) is 3. The molecular formula is C13H13NO3. The molecule has 1 N–H and O–H groups in total. The van der Waals surface area contributed by atoms with Crippen molar-refractivity contribution in [3.63, 3.8) is 0 Å². The average Bonchev–Trinajstić information content (AvgIpc) is 2.33. The van der Waals surface area contributed by atoms with Crippen LogP contribution in [0.3, 0.4) is 0 Å². The quantitative estimate of drug-likeness (QED) is 0.856. The lowest BCUT2D eigenvalue weighted by Gasteiger charge is -2.09. The smallest absolute Gasteiger partial charge is 0.250 e. The minimum absolute atomic E-state index is 0.0447. The third-order valence-electron chi connectivity index (χ3n) is 2.63. The van der Waals surface area contributed by atoms with Gasteiger partial charge in [0.15, 0.2) is 11.5 Å². The highest BCUT2D eigenvalue weighted by atomic mass is 16.5. The topological polar surface area (TPSA) is 51.5 Å². The first-order valence-electron chi connectivity index (χ1n) is 5.16. The lowest BCUT2D eigenvalue weighted by atomic mass is 10.1. The Morgan fingerprint density at radius 2 is 2.06 bits per heavy atom. The van der Waals surface area contributed by atoms with Gasteiger partial charge in [0.25, 0.3) is 5.56 Å². The zero-order chi connectivity index (χ0) is 12.4. The van der Waals surface area contributed by atoms with E-state index >= 15 is 0 Å². The fraction of sp³-hybridized carbons (Fsp3) is 0.154. The Labute approximate surface area is 98.7 Å². The molecule has 0 aliphatic carbocycles. The van der Waals surface area contributed by atoms with Gasteiger partial charge in [-0.15, -0.1) is 0 Å². The molecule has 0 aliphatic rings. The predicted octanol–water partition coefficient (Wildman–Crippen LogP) is 1.77. The molecule has 0 atom stereocenters. The van der Waals surface area contributed by atoms with Crippen molar-refractivity contribution in [2.24, 2.45) is 7.05 Å². The molecule has 0 saturated heterocycles. The van der Waals surface area contributed by atoms with E-state index in [2.05, 4.69) is 0 Å². The number of rotatable bonds is 2. The maximum Gasteiger partial charge on any atom is 0.250 e. The summed E-state index contributed by atoms with van der Waals surface area (Å²) in [4.78, 5) is 11.5. The predicted molar refractivity (Wildman–Crippen MR) is 65.3 cm³/mol. The van der Waals surface area contributed by atoms with Crippen LogP contribution in [-0.2, 0) is 7.05 Å². The minimum atomic E-state index is -0.121. The van der Waals surface area contributed by atoms with Crippen LogP contribution >= 0.6 is 0 Å². The number of para-hydroxylation sites is 1. The summed E-state index contributed by atoms with van der Waals surface area (Å²) in [6.45, 7) is 0. The van der Waals surface area contributed by atoms with Crippen LogP contribution in [-0.4, -0.2) is 16.8 Å². The minimum Gasteiger partial charge on any atom is -0.504 e. The van der Waals surface area contributed by atoms with Crippen molar-refractivity contribution >= 4 is 0 Å². The van der Waals surface area contributed by atoms with Crippen LogP contribution in [0.2, 0.25) is 0 Å². The summed E-state index contributed by atoms with van der Waals surface area (Å²) in [5.41, 5.74) is 1.14. The van der Waals surface area contributed by atoms with Crippen molar-refractivity contribution < 1.29 is 9.84 Å². The van der Waals surface area contributed by atoms with E-state index in [0.717, 1.165) is 0 Å². The van der Waals surface area contributed by atoms with Gasteiger partial charge in [-0.1, -0.05) is 12.1 Å². The molecule has 4 nitrogen and oxygen atoms in total. The van der Waals surface area contributed by atoms with Gasteiger partial charge in [0.2, 0.25) is 0 Å². The molecule has 1 heterocycles. The summed E-state index contributed by atoms with van der Waals surface area (Å²) < 4.78 is 6.50. The van der Waals surface area contributed by atoms with Crippen LogP contribution in [0.15, 0.2) is 41.3 Å². The standard InChI is InChI=1S/C13H13NO3/c1-14-7-6-9(8-12(14)15)10-4-3-5-11(17-2)13(10)16/h3-8,16H,1-2H3. The van der Waals surface area contributed by atoms with Gasteiger partial charge in [-0.25, -0.2) is 0 Å². The second kappa shape index (κ2) is 4.33. The van der Waals surface area contributed by atoms with Gasteiger partial charge in [-0.2, -0.15) is 0 Å². The molecule has 17 heavy (non-hydrogen) atoms. The number of aromatic nitrogens is 1. The van der Waals surface area contributed by atoms with E-state index in [1.807, 2.05) is 0 Å². The van der Waals surface area contributed by atoms with Crippen molar-refractivity contribution in [1.29, 1.82) is 0 Å². The number of benzene rings is 1. The van der Waals surface area contributed by atoms with E-state index in [1.165, 1.54) is 17.7 Å². The van der Waals surface area contributed by atoms with Crippen LogP contribution in [0.4, 0.5) is 0 Å². The number of methoxy groups -OCH3 is 1. The van der Waals surface area contributed by atoms with Crippen molar-refractivity contribution in [3.05, 3.63) is 46.9 Å². The summed E-state index contributed by atoms with van der Waals surface area (Å²) in [7, 11) is 3.17. The molecule has 1 aromatic carbocycles. The van der Waals surface area contributed by atoms with Gasteiger partial charge in [0.1, 0.15) is 0 Å². The second-order valence-corrected chi connectivity index (χ2v) is 3.72. The lowest BCUT2D eigenvalue weighted by molar-refractivity contribution is 0.374. The highest BCUT2D eigenvalue weighted by molar-refractivity contribution is 5.72. The Hall–Kier alpha value is -2.23. The summed E-state index contributed by atoms with van der Waals surface area (Å²) >= 11 is 0. The largest absolute Gasteiger partial charge is 0.504 e. The van der Waals surface area contributed by atoms with Gasteiger partial charge in [0.05, 0.1) is 7.11 Å². The average molecular weight is 231 g/mol. The maximum atomic E-state index is 11.5. The Kier molecular flexibility index (Phi) is 2.87. The summed E-state index contributed by atoms with van der Waals surface area (Å²) in [6.07, 6.45) is 1.66. The number of phenols is 1. The van der Waals surface area contributed by atoms with E-state index in [-0.39, 0.29) is 11.3 Å². The van der Waals surface area contributed by atoms with Crippen LogP contribution in [0, 0.1) is 0 Å². The molecule has 0 amide bonds. The Balaban J connectivity index is 2.60. The van der Waals surface area contributed by atoms with Crippen molar-refractivity contribution in [3.8, 4) is 22.6 Å². The van der Waals surface area contributed by atoms with Crippen LogP contribution in [0.1, 0.15) is 0 Å². The fourth-order valence-electron chi connectivity index (χ4n) is 1.64. The fourth-order valence-corrected chi connectivity index (χ4v) is 1.64. The number of nitrogens with zero attached hydrogens (tertiary/aromatic N) is 1. The highest BCUT2D eigenvalue weighted by Gasteiger charge is 2.09. The normalized spacial score (nSPS) is 10.2. The first-order valence-corrected chi connectivity index (χ1v) is 5.16. The zero-order valence-electron chi connectivity index (χ0n) is 9.68. The number of ether oxygens (including phenoxy) is 1. The number of aryl methyl sites for hydroxylation is 1. The van der Waals surface area contributed by atoms with Gasteiger partial charge < -0.3 is 14.4 Å². The molecule has 0 bridgehead atoms. The first kappa shape index (κ1) is 11.3. The van der Waals surface area contributed by atoms with Crippen LogP contribution in [0.25, 0.3) is 11.1 Å². The van der Waals surface area contributed by atoms with Gasteiger partial charge in [0, 0.05) is 24.9 Å². The van der Waals surface area contributed by atoms with Crippen LogP contribution < -0.4 is 10.3 Å². The molecule has 2 rings (SSSR count). The molecule has 0 fully saturated rings. The molecule has 88 valence electrons. The van der Waals surface area contributed by atoms with E-state index < -0.39 is 0 Å². The van der Waals surface area contributed by atoms with Gasteiger partial charge in [-0.3, -0.25) is 4.79 Å². The third-order valence-corrected chi connectivity index (χ3v) is 2.63. The van der Waals surface area contributed by atoms with Crippen LogP contribution in [0.5, 0.6) is 11.5 Å². The number of phenolic OH excluding ortho intramolecular Hbond substituents is 1. The molecule has 0 aliphatic heterocycles. The van der Waals surface area contributed by atoms with E-state index in [4.69, 9.17) is 4.74 Å². The van der Waals surface area contributed by atoms with Gasteiger partial charge >= 0.3 is 0 Å². The molecule has 0 unspecified atom stereocenters. The first-order chi connectivity index (χ1) is 8.13. The second-order valence-electron chi connectivity index (χ2n) is 3.72. The number of aromatic hydroxyl groups is 1. The SMILES string of the molecule is COc1cccc(-c2ccn(C)c(=O)c2)c1O. The lowest BCUT2D eigenvalue weighted by Crippen LogP contribution is -2.14. The summed E-state index contributed by atoms with van der Waals surface area (Å²) in [5.74, 6) is 0.437. The highest BCUT2D eigenvalue weighted by Crippen LogP contribution is 2.35. The van der Waals surface area contributed by atoms with Crippen molar-refractivity contribution in [1.82, 2.24) is 4.57 Å². The third kappa shape index (κ3) is 2.01. The Morgan fingerprint density at radius 3 is 2.71 bits per heavy atom. The molecule has 0 spiro atoms. The van der Waals surface area contributed by atoms with Crippen molar-refractivity contribution in [2.75, 3.05) is 7.11 Å². The monoisotopic (exact) mass is 231 g/mol. The van der Waals surface area contributed by atoms with Crippen molar-refractivity contribution in [2.45, 2.75) is 0 Å². The molecule has 0 radical (unpaired) electrons. The molecule has 4 heteroatoms. The number of pyridine rings is 1. The van der Waals surface area contributed by atoms with Gasteiger partial charge in [-0.05, 0) is 17.7 Å². The van der Waals surface area contributed by atoms with E-state index in [1.54, 1.807) is 37.5 Å². The molecule has 1 aromatic heterocycles. The number of hydrogen-bond donors (Lipinski definition) is 1. The molecule has 0 saturated carbocycles. The Morgan fingerprint density at radius 1 is 1.29 bits per heavy atom. The Bertz CT molecular complexity index is 602.